The number of nitrogens with zero attached hydrogens (tertiary/aromatic N) is 1. The zero-order valence-electron chi connectivity index (χ0n) is 13.3. The van der Waals surface area contributed by atoms with Gasteiger partial charge < -0.3 is 20.1 Å². The Bertz CT molecular complexity index is 407. The number of hydrogen-bond acceptors (Lipinski definition) is 4. The Morgan fingerprint density at radius 3 is 2.60 bits per heavy atom. The van der Waals surface area contributed by atoms with E-state index in [0.29, 0.717) is 11.8 Å². The average Bonchev–Trinajstić information content (AvgIpc) is 2.43. The Morgan fingerprint density at radius 1 is 1.30 bits per heavy atom. The molecule has 1 aromatic carbocycles. The minimum atomic E-state index is 0.106. The van der Waals surface area contributed by atoms with Crippen LogP contribution in [0.15, 0.2) is 18.2 Å². The summed E-state index contributed by atoms with van der Waals surface area (Å²) in [6.45, 7) is 8.45. The number of methoxy groups -OCH3 is 1. The smallest absolute Gasteiger partial charge is 0.120 e. The lowest BCUT2D eigenvalue weighted by Gasteiger charge is -2.22. The second kappa shape index (κ2) is 8.12. The molecule has 0 fully saturated rings. The van der Waals surface area contributed by atoms with Crippen molar-refractivity contribution in [1.29, 1.82) is 0 Å². The molecule has 0 saturated carbocycles. The molecule has 1 unspecified atom stereocenters. The third kappa shape index (κ3) is 5.02. The molecule has 0 amide bonds. The number of phenolic OH excluding ortho intramolecular Hbond substituents is 1. The van der Waals surface area contributed by atoms with Crippen molar-refractivity contribution in [2.24, 2.45) is 0 Å². The van der Waals surface area contributed by atoms with E-state index in [-0.39, 0.29) is 6.04 Å². The molecule has 0 bridgehead atoms. The van der Waals surface area contributed by atoms with E-state index >= 15 is 0 Å². The van der Waals surface area contributed by atoms with E-state index in [1.165, 1.54) is 0 Å². The highest BCUT2D eigenvalue weighted by Gasteiger charge is 2.11. The number of phenols is 1. The zero-order chi connectivity index (χ0) is 15.1. The Hall–Kier alpha value is -1.26. The van der Waals surface area contributed by atoms with Crippen molar-refractivity contribution in [3.05, 3.63) is 23.8 Å². The summed E-state index contributed by atoms with van der Waals surface area (Å²) in [5, 5.41) is 13.4. The van der Waals surface area contributed by atoms with Gasteiger partial charge in [0.1, 0.15) is 11.5 Å². The molecule has 2 N–H and O–H groups in total. The summed E-state index contributed by atoms with van der Waals surface area (Å²) in [6.07, 6.45) is 1.09. The van der Waals surface area contributed by atoms with Crippen LogP contribution >= 0.6 is 0 Å². The summed E-state index contributed by atoms with van der Waals surface area (Å²) in [6, 6.07) is 6.01. The minimum Gasteiger partial charge on any atom is -0.508 e. The Balaban J connectivity index is 2.45. The molecule has 0 aromatic heterocycles. The van der Waals surface area contributed by atoms with Crippen LogP contribution in [0.1, 0.15) is 38.8 Å². The molecule has 0 spiro atoms. The summed E-state index contributed by atoms with van der Waals surface area (Å²) in [7, 11) is 3.78. The normalized spacial score (nSPS) is 12.9. The predicted octanol–water partition coefficient (Wildman–Crippen LogP) is 2.78. The number of hydrogen-bond donors (Lipinski definition) is 2. The Labute approximate surface area is 122 Å². The SMILES string of the molecule is COc1ccc(O)c(C(C)NCCCN(C)C(C)C)c1. The summed E-state index contributed by atoms with van der Waals surface area (Å²) in [5.74, 6) is 1.08. The minimum absolute atomic E-state index is 0.106. The number of benzene rings is 1. The van der Waals surface area contributed by atoms with E-state index in [1.807, 2.05) is 6.07 Å². The number of ether oxygens (including phenoxy) is 1. The lowest BCUT2D eigenvalue weighted by atomic mass is 10.1. The van der Waals surface area contributed by atoms with Crippen LogP contribution in [0.25, 0.3) is 0 Å². The van der Waals surface area contributed by atoms with E-state index in [2.05, 4.69) is 38.0 Å². The lowest BCUT2D eigenvalue weighted by molar-refractivity contribution is 0.268. The quantitative estimate of drug-likeness (QED) is 0.719. The molecule has 0 aliphatic heterocycles. The summed E-state index contributed by atoms with van der Waals surface area (Å²) < 4.78 is 5.20. The first-order valence-corrected chi connectivity index (χ1v) is 7.26. The van der Waals surface area contributed by atoms with E-state index in [0.717, 1.165) is 30.8 Å². The van der Waals surface area contributed by atoms with Crippen LogP contribution in [0.3, 0.4) is 0 Å². The molecule has 20 heavy (non-hydrogen) atoms. The van der Waals surface area contributed by atoms with Gasteiger partial charge in [0.25, 0.3) is 0 Å². The molecule has 0 aliphatic carbocycles. The maximum Gasteiger partial charge on any atom is 0.120 e. The fraction of sp³-hybridized carbons (Fsp3) is 0.625. The fourth-order valence-corrected chi connectivity index (χ4v) is 2.02. The fourth-order valence-electron chi connectivity index (χ4n) is 2.02. The number of rotatable bonds is 8. The summed E-state index contributed by atoms with van der Waals surface area (Å²) >= 11 is 0. The van der Waals surface area contributed by atoms with Gasteiger partial charge in [0.15, 0.2) is 0 Å². The highest BCUT2D eigenvalue weighted by Crippen LogP contribution is 2.28. The maximum absolute atomic E-state index is 9.91. The van der Waals surface area contributed by atoms with Crippen molar-refractivity contribution in [3.8, 4) is 11.5 Å². The molecule has 1 atom stereocenters. The van der Waals surface area contributed by atoms with Crippen LogP contribution in [0.5, 0.6) is 11.5 Å². The van der Waals surface area contributed by atoms with E-state index < -0.39 is 0 Å². The molecule has 4 heteroatoms. The molecule has 1 rings (SSSR count). The van der Waals surface area contributed by atoms with Gasteiger partial charge >= 0.3 is 0 Å². The first-order chi connectivity index (χ1) is 9.45. The first kappa shape index (κ1) is 16.8. The predicted molar refractivity (Wildman–Crippen MR) is 83.5 cm³/mol. The lowest BCUT2D eigenvalue weighted by Crippen LogP contribution is -2.30. The second-order valence-corrected chi connectivity index (χ2v) is 5.53. The highest BCUT2D eigenvalue weighted by molar-refractivity contribution is 5.41. The Kier molecular flexibility index (Phi) is 6.82. The number of aromatic hydroxyl groups is 1. The van der Waals surface area contributed by atoms with Gasteiger partial charge in [0, 0.05) is 17.6 Å². The first-order valence-electron chi connectivity index (χ1n) is 7.26. The summed E-state index contributed by atoms with van der Waals surface area (Å²) in [4.78, 5) is 2.33. The van der Waals surface area contributed by atoms with Gasteiger partial charge in [-0.15, -0.1) is 0 Å². The van der Waals surface area contributed by atoms with Crippen molar-refractivity contribution < 1.29 is 9.84 Å². The third-order valence-electron chi connectivity index (χ3n) is 3.72. The molecule has 0 saturated heterocycles. The molecule has 0 radical (unpaired) electrons. The zero-order valence-corrected chi connectivity index (χ0v) is 13.3. The second-order valence-electron chi connectivity index (χ2n) is 5.53. The maximum atomic E-state index is 9.91. The van der Waals surface area contributed by atoms with Crippen molar-refractivity contribution in [3.63, 3.8) is 0 Å². The van der Waals surface area contributed by atoms with E-state index in [9.17, 15) is 5.11 Å². The third-order valence-corrected chi connectivity index (χ3v) is 3.72. The average molecular weight is 280 g/mol. The van der Waals surface area contributed by atoms with Crippen LogP contribution in [0.2, 0.25) is 0 Å². The monoisotopic (exact) mass is 280 g/mol. The molecular weight excluding hydrogens is 252 g/mol. The highest BCUT2D eigenvalue weighted by atomic mass is 16.5. The van der Waals surface area contributed by atoms with Gasteiger partial charge in [-0.2, -0.15) is 0 Å². The molecular formula is C16H28N2O2. The Morgan fingerprint density at radius 2 is 2.00 bits per heavy atom. The molecule has 114 valence electrons. The van der Waals surface area contributed by atoms with E-state index in [1.54, 1.807) is 19.2 Å². The molecule has 0 heterocycles. The van der Waals surface area contributed by atoms with Gasteiger partial charge in [-0.1, -0.05) is 0 Å². The van der Waals surface area contributed by atoms with Crippen LogP contribution in [-0.4, -0.2) is 43.3 Å². The molecule has 1 aromatic rings. The van der Waals surface area contributed by atoms with Crippen LogP contribution in [-0.2, 0) is 0 Å². The van der Waals surface area contributed by atoms with E-state index in [4.69, 9.17) is 4.74 Å². The van der Waals surface area contributed by atoms with Gasteiger partial charge in [-0.3, -0.25) is 0 Å². The molecule has 4 nitrogen and oxygen atoms in total. The van der Waals surface area contributed by atoms with Gasteiger partial charge in [-0.05, 0) is 65.5 Å². The van der Waals surface area contributed by atoms with Crippen LogP contribution in [0.4, 0.5) is 0 Å². The topological polar surface area (TPSA) is 44.7 Å². The standard InChI is InChI=1S/C16H28N2O2/c1-12(2)18(4)10-6-9-17-13(3)15-11-14(20-5)7-8-16(15)19/h7-8,11-13,17,19H,6,9-10H2,1-5H3. The van der Waals surface area contributed by atoms with Crippen molar-refractivity contribution in [1.82, 2.24) is 10.2 Å². The largest absolute Gasteiger partial charge is 0.508 e. The molecule has 0 aliphatic rings. The van der Waals surface area contributed by atoms with Gasteiger partial charge in [0.2, 0.25) is 0 Å². The van der Waals surface area contributed by atoms with Crippen molar-refractivity contribution in [2.75, 3.05) is 27.2 Å². The number of nitrogens with one attached hydrogen (secondary N) is 1. The summed E-state index contributed by atoms with van der Waals surface area (Å²) in [5.41, 5.74) is 0.876. The van der Waals surface area contributed by atoms with Gasteiger partial charge in [0.05, 0.1) is 7.11 Å². The van der Waals surface area contributed by atoms with Crippen LogP contribution in [0, 0.1) is 0 Å². The van der Waals surface area contributed by atoms with Crippen LogP contribution < -0.4 is 10.1 Å². The van der Waals surface area contributed by atoms with Gasteiger partial charge in [-0.25, -0.2) is 0 Å². The van der Waals surface area contributed by atoms with Crippen molar-refractivity contribution in [2.45, 2.75) is 39.3 Å². The van der Waals surface area contributed by atoms with Crippen molar-refractivity contribution >= 4 is 0 Å².